The van der Waals surface area contributed by atoms with E-state index in [2.05, 4.69) is 31.9 Å². The van der Waals surface area contributed by atoms with Crippen molar-refractivity contribution in [1.82, 2.24) is 4.90 Å². The highest BCUT2D eigenvalue weighted by Gasteiger charge is 2.09. The number of rotatable bonds is 10. The van der Waals surface area contributed by atoms with Crippen LogP contribution in [0.3, 0.4) is 0 Å². The van der Waals surface area contributed by atoms with Crippen LogP contribution in [0, 0.1) is 0 Å². The van der Waals surface area contributed by atoms with Gasteiger partial charge >= 0.3 is 0 Å². The van der Waals surface area contributed by atoms with Gasteiger partial charge in [-0.2, -0.15) is 0 Å². The lowest BCUT2D eigenvalue weighted by Crippen LogP contribution is -2.33. The third kappa shape index (κ3) is 7.38. The Labute approximate surface area is 95.9 Å². The third-order valence-corrected chi connectivity index (χ3v) is 2.83. The van der Waals surface area contributed by atoms with Crippen LogP contribution in [0.2, 0.25) is 0 Å². The van der Waals surface area contributed by atoms with Gasteiger partial charge < -0.3 is 0 Å². The zero-order chi connectivity index (χ0) is 11.5. The molecule has 0 aliphatic carbocycles. The molecule has 15 heavy (non-hydrogen) atoms. The highest BCUT2D eigenvalue weighted by atomic mass is 15.1. The molecule has 0 amide bonds. The molecule has 88 valence electrons. The summed E-state index contributed by atoms with van der Waals surface area (Å²) in [7, 11) is 0. The SMILES string of the molecule is C=CCN(CC=C)C(C)CCCCCC. The van der Waals surface area contributed by atoms with Crippen LogP contribution in [0.25, 0.3) is 0 Å². The molecule has 1 heteroatoms. The van der Waals surface area contributed by atoms with Gasteiger partial charge in [0.1, 0.15) is 0 Å². The molecule has 0 saturated carbocycles. The van der Waals surface area contributed by atoms with Gasteiger partial charge in [0.05, 0.1) is 0 Å². The number of hydrogen-bond acceptors (Lipinski definition) is 1. The van der Waals surface area contributed by atoms with E-state index >= 15 is 0 Å². The van der Waals surface area contributed by atoms with E-state index in [-0.39, 0.29) is 0 Å². The third-order valence-electron chi connectivity index (χ3n) is 2.83. The standard InChI is InChI=1S/C14H27N/c1-5-8-9-10-11-14(4)15(12-6-2)13-7-3/h6-7,14H,2-3,5,8-13H2,1,4H3. The summed E-state index contributed by atoms with van der Waals surface area (Å²) in [5, 5.41) is 0. The molecule has 1 unspecified atom stereocenters. The first kappa shape index (κ1) is 14.4. The Hall–Kier alpha value is -0.560. The van der Waals surface area contributed by atoms with E-state index in [1.54, 1.807) is 0 Å². The van der Waals surface area contributed by atoms with Gasteiger partial charge in [0.15, 0.2) is 0 Å². The van der Waals surface area contributed by atoms with Gasteiger partial charge in [0.2, 0.25) is 0 Å². The quantitative estimate of drug-likeness (QED) is 0.388. The zero-order valence-electron chi connectivity index (χ0n) is 10.5. The van der Waals surface area contributed by atoms with Crippen molar-refractivity contribution in [3.05, 3.63) is 25.3 Å². The second-order valence-electron chi connectivity index (χ2n) is 4.23. The van der Waals surface area contributed by atoms with Crippen molar-refractivity contribution in [2.75, 3.05) is 13.1 Å². The molecule has 0 aromatic rings. The molecule has 0 bridgehead atoms. The molecular weight excluding hydrogens is 182 g/mol. The van der Waals surface area contributed by atoms with E-state index in [0.717, 1.165) is 13.1 Å². The molecule has 1 atom stereocenters. The highest BCUT2D eigenvalue weighted by molar-refractivity contribution is 4.82. The average molecular weight is 209 g/mol. The van der Waals surface area contributed by atoms with Crippen LogP contribution in [0.5, 0.6) is 0 Å². The Bertz CT molecular complexity index is 153. The second-order valence-corrected chi connectivity index (χ2v) is 4.23. The lowest BCUT2D eigenvalue weighted by Gasteiger charge is -2.26. The molecule has 0 N–H and O–H groups in total. The van der Waals surface area contributed by atoms with Gasteiger partial charge in [0, 0.05) is 19.1 Å². The first-order valence-corrected chi connectivity index (χ1v) is 6.22. The Balaban J connectivity index is 3.74. The molecule has 0 radical (unpaired) electrons. The fraction of sp³-hybridized carbons (Fsp3) is 0.714. The van der Waals surface area contributed by atoms with Gasteiger partial charge in [-0.1, -0.05) is 44.8 Å². The van der Waals surface area contributed by atoms with E-state index in [1.165, 1.54) is 32.1 Å². The van der Waals surface area contributed by atoms with Crippen LogP contribution in [0.1, 0.15) is 46.0 Å². The van der Waals surface area contributed by atoms with E-state index in [4.69, 9.17) is 0 Å². The predicted octanol–water partition coefficient (Wildman–Crippen LogP) is 4.02. The molecule has 0 saturated heterocycles. The highest BCUT2D eigenvalue weighted by Crippen LogP contribution is 2.10. The number of hydrogen-bond donors (Lipinski definition) is 0. The van der Waals surface area contributed by atoms with Crippen molar-refractivity contribution < 1.29 is 0 Å². The normalized spacial score (nSPS) is 12.7. The summed E-state index contributed by atoms with van der Waals surface area (Å²) in [5.41, 5.74) is 0. The average Bonchev–Trinajstić information content (AvgIpc) is 2.24. The first-order chi connectivity index (χ1) is 7.26. The van der Waals surface area contributed by atoms with Crippen molar-refractivity contribution in [3.8, 4) is 0 Å². The second kappa shape index (κ2) is 9.97. The van der Waals surface area contributed by atoms with Crippen LogP contribution in [0.15, 0.2) is 25.3 Å². The van der Waals surface area contributed by atoms with Crippen molar-refractivity contribution in [2.24, 2.45) is 0 Å². The van der Waals surface area contributed by atoms with Crippen LogP contribution in [-0.2, 0) is 0 Å². The fourth-order valence-corrected chi connectivity index (χ4v) is 1.82. The lowest BCUT2D eigenvalue weighted by molar-refractivity contribution is 0.239. The van der Waals surface area contributed by atoms with E-state index < -0.39 is 0 Å². The van der Waals surface area contributed by atoms with Gasteiger partial charge in [0.25, 0.3) is 0 Å². The van der Waals surface area contributed by atoms with Crippen molar-refractivity contribution in [3.63, 3.8) is 0 Å². The minimum Gasteiger partial charge on any atom is -0.293 e. The van der Waals surface area contributed by atoms with Crippen molar-refractivity contribution in [2.45, 2.75) is 52.0 Å². The molecular formula is C14H27N. The zero-order valence-corrected chi connectivity index (χ0v) is 10.5. The number of unbranched alkanes of at least 4 members (excludes halogenated alkanes) is 3. The van der Waals surface area contributed by atoms with Crippen LogP contribution < -0.4 is 0 Å². The first-order valence-electron chi connectivity index (χ1n) is 6.22. The summed E-state index contributed by atoms with van der Waals surface area (Å²) < 4.78 is 0. The van der Waals surface area contributed by atoms with E-state index in [0.29, 0.717) is 6.04 Å². The summed E-state index contributed by atoms with van der Waals surface area (Å²) in [4.78, 5) is 2.42. The van der Waals surface area contributed by atoms with E-state index in [9.17, 15) is 0 Å². The lowest BCUT2D eigenvalue weighted by atomic mass is 10.1. The molecule has 0 heterocycles. The Morgan fingerprint density at radius 2 is 1.67 bits per heavy atom. The van der Waals surface area contributed by atoms with Gasteiger partial charge in [-0.05, 0) is 13.3 Å². The molecule has 1 nitrogen and oxygen atoms in total. The summed E-state index contributed by atoms with van der Waals surface area (Å²) in [6.07, 6.45) is 10.7. The van der Waals surface area contributed by atoms with Gasteiger partial charge in [-0.15, -0.1) is 13.2 Å². The van der Waals surface area contributed by atoms with Gasteiger partial charge in [-0.25, -0.2) is 0 Å². The van der Waals surface area contributed by atoms with Crippen molar-refractivity contribution in [1.29, 1.82) is 0 Å². The largest absolute Gasteiger partial charge is 0.293 e. The molecule has 0 aliphatic rings. The maximum Gasteiger partial charge on any atom is 0.0166 e. The maximum absolute atomic E-state index is 3.80. The van der Waals surface area contributed by atoms with E-state index in [1.807, 2.05) is 12.2 Å². The smallest absolute Gasteiger partial charge is 0.0166 e. The topological polar surface area (TPSA) is 3.24 Å². The molecule has 0 rings (SSSR count). The monoisotopic (exact) mass is 209 g/mol. The van der Waals surface area contributed by atoms with Crippen LogP contribution in [-0.4, -0.2) is 24.0 Å². The minimum absolute atomic E-state index is 0.651. The Morgan fingerprint density at radius 1 is 1.07 bits per heavy atom. The Morgan fingerprint density at radius 3 is 2.13 bits per heavy atom. The van der Waals surface area contributed by atoms with Gasteiger partial charge in [-0.3, -0.25) is 4.90 Å². The molecule has 0 aromatic carbocycles. The number of nitrogens with zero attached hydrogens (tertiary/aromatic N) is 1. The van der Waals surface area contributed by atoms with Crippen LogP contribution >= 0.6 is 0 Å². The molecule has 0 spiro atoms. The summed E-state index contributed by atoms with van der Waals surface area (Å²) in [5.74, 6) is 0. The Kier molecular flexibility index (Phi) is 9.60. The maximum atomic E-state index is 3.80. The van der Waals surface area contributed by atoms with Crippen LogP contribution in [0.4, 0.5) is 0 Å². The molecule has 0 fully saturated rings. The fourth-order valence-electron chi connectivity index (χ4n) is 1.82. The summed E-state index contributed by atoms with van der Waals surface area (Å²) >= 11 is 0. The molecule has 0 aromatic heterocycles. The minimum atomic E-state index is 0.651. The predicted molar refractivity (Wildman–Crippen MR) is 70.2 cm³/mol. The molecule has 0 aliphatic heterocycles. The summed E-state index contributed by atoms with van der Waals surface area (Å²) in [6, 6.07) is 0.651. The van der Waals surface area contributed by atoms with Crippen molar-refractivity contribution >= 4 is 0 Å². The summed E-state index contributed by atoms with van der Waals surface area (Å²) in [6.45, 7) is 14.1.